The van der Waals surface area contributed by atoms with Crippen LogP contribution in [-0.4, -0.2) is 246 Å². The molecular weight excluding hydrogens is 1120 g/mol. The summed E-state index contributed by atoms with van der Waals surface area (Å²) in [6.07, 6.45) is -14.9. The molecular formula is C57H83N15O14. The Bertz CT molecular complexity index is 3130. The van der Waals surface area contributed by atoms with E-state index in [1.54, 1.807) is 6.20 Å². The van der Waals surface area contributed by atoms with Gasteiger partial charge in [0.2, 0.25) is 0 Å². The van der Waals surface area contributed by atoms with E-state index in [0.29, 0.717) is 18.9 Å². The predicted octanol–water partition coefficient (Wildman–Crippen LogP) is -2.60. The highest BCUT2D eigenvalue weighted by Crippen LogP contribution is 2.36. The Morgan fingerprint density at radius 1 is 0.593 bits per heavy atom. The third-order valence-corrected chi connectivity index (χ3v) is 17.1. The number of ether oxygens (including phenoxy) is 8. The van der Waals surface area contributed by atoms with Gasteiger partial charge in [-0.2, -0.15) is 0 Å². The van der Waals surface area contributed by atoms with Crippen LogP contribution in [0.1, 0.15) is 37.8 Å². The summed E-state index contributed by atoms with van der Waals surface area (Å²) in [6, 6.07) is 16.2. The maximum absolute atomic E-state index is 11.9. The number of rotatable bonds is 23. The molecule has 7 heterocycles. The molecule has 0 amide bonds. The number of anilines is 1. The van der Waals surface area contributed by atoms with E-state index in [9.17, 15) is 30.6 Å². The fraction of sp³-hybridized carbons (Fsp3) is 0.614. The number of fused-ring (bicyclic) bond motifs is 2. The Balaban J connectivity index is 0.639. The van der Waals surface area contributed by atoms with E-state index in [-0.39, 0.29) is 32.7 Å². The summed E-state index contributed by atoms with van der Waals surface area (Å²) in [4.78, 5) is 21.6. The van der Waals surface area contributed by atoms with Gasteiger partial charge in [0.1, 0.15) is 90.2 Å². The van der Waals surface area contributed by atoms with Crippen molar-refractivity contribution in [3.05, 3.63) is 72.6 Å². The second kappa shape index (κ2) is 27.5. The lowest BCUT2D eigenvalue weighted by Crippen LogP contribution is -2.68. The monoisotopic (exact) mass is 1200 g/mol. The minimum atomic E-state index is -1.63. The summed E-state index contributed by atoms with van der Waals surface area (Å²) >= 11 is 0. The number of likely N-dealkylation sites (N-methyl/N-ethyl adjacent to an activating group) is 1. The van der Waals surface area contributed by atoms with E-state index in [2.05, 4.69) is 61.4 Å². The molecule has 3 aromatic carbocycles. The summed E-state index contributed by atoms with van der Waals surface area (Å²) in [5, 5.41) is 74.4. The van der Waals surface area contributed by atoms with Crippen LogP contribution in [0.25, 0.3) is 44.8 Å². The van der Waals surface area contributed by atoms with Crippen LogP contribution in [0.15, 0.2) is 66.9 Å². The van der Waals surface area contributed by atoms with Crippen LogP contribution in [0, 0.1) is 0 Å². The van der Waals surface area contributed by atoms with E-state index in [1.165, 1.54) is 10.4 Å². The first kappa shape index (κ1) is 62.2. The first-order valence-corrected chi connectivity index (χ1v) is 29.6. The van der Waals surface area contributed by atoms with Crippen molar-refractivity contribution in [2.45, 2.75) is 162 Å². The van der Waals surface area contributed by atoms with Crippen LogP contribution in [0.4, 0.5) is 5.69 Å². The molecule has 1 aliphatic carbocycles. The summed E-state index contributed by atoms with van der Waals surface area (Å²) in [5.41, 5.74) is 44.3. The van der Waals surface area contributed by atoms with Crippen molar-refractivity contribution < 1.29 is 68.5 Å². The molecule has 470 valence electrons. The van der Waals surface area contributed by atoms with Gasteiger partial charge in [-0.1, -0.05) is 11.6 Å². The van der Waals surface area contributed by atoms with Crippen molar-refractivity contribution in [1.82, 2.24) is 39.8 Å². The van der Waals surface area contributed by atoms with Crippen LogP contribution in [-0.2, 0) is 46.3 Å². The molecule has 1 unspecified atom stereocenters. The number of H-pyrrole nitrogens is 2. The standard InChI is InChI=1S/C57H83N15O14/c1-70-14-16-71(17-15-70)31-9-13-36-38(21-31)67-54(65-36)29-8-12-35-37(20-29)66-53(64-35)28-6-10-32(11-7-28)80-19-5-3-2-4-18-79-27-30-25-72(69-68-30)26-41-51(85-56-43(63)48(77)46(75)40(24-59)82-56)49(78)57(83-41)86-52-44(73)33(60)22-34(61)50(52)84-55-42(62)47(76)45(74)39(23-58)81-55/h6-13,20-21,25,33-34,39-52,55-57,73-78H,2-5,14-19,22-24,26-27,58-63H2,1H3,(H,64,66)(H,65,67)/t33-,34+,39-,40?,41-,42-,43-,44+,45-,46-,47-,48-,49-,50-,51-,52-,55-,56-,57+/m1/s1. The van der Waals surface area contributed by atoms with Crippen LogP contribution in [0.2, 0.25) is 0 Å². The van der Waals surface area contributed by atoms with Crippen LogP contribution >= 0.6 is 0 Å². The molecule has 86 heavy (non-hydrogen) atoms. The number of unbranched alkanes of at least 4 members (excludes halogenated alkanes) is 3. The lowest BCUT2D eigenvalue weighted by molar-refractivity contribution is -0.306. The number of benzene rings is 3. The van der Waals surface area contributed by atoms with Crippen molar-refractivity contribution >= 4 is 27.8 Å². The maximum atomic E-state index is 11.9. The fourth-order valence-electron chi connectivity index (χ4n) is 11.8. The van der Waals surface area contributed by atoms with Gasteiger partial charge in [0.25, 0.3) is 0 Å². The number of aliphatic hydroxyl groups excluding tert-OH is 6. The number of aliphatic hydroxyl groups is 6. The van der Waals surface area contributed by atoms with Gasteiger partial charge >= 0.3 is 0 Å². The van der Waals surface area contributed by atoms with Gasteiger partial charge in [-0.3, -0.25) is 0 Å². The molecule has 6 aromatic rings. The molecule has 5 fully saturated rings. The zero-order valence-corrected chi connectivity index (χ0v) is 48.0. The quantitative estimate of drug-likeness (QED) is 0.0293. The first-order chi connectivity index (χ1) is 41.5. The zero-order chi connectivity index (χ0) is 60.3. The Morgan fingerprint density at radius 2 is 1.17 bits per heavy atom. The smallest absolute Gasteiger partial charge is 0.187 e. The lowest BCUT2D eigenvalue weighted by atomic mass is 9.84. The highest BCUT2D eigenvalue weighted by molar-refractivity contribution is 5.87. The van der Waals surface area contributed by atoms with E-state index in [0.717, 1.165) is 102 Å². The van der Waals surface area contributed by atoms with Gasteiger partial charge < -0.3 is 123 Å². The number of nitrogens with zero attached hydrogens (tertiary/aromatic N) is 7. The molecule has 0 spiro atoms. The van der Waals surface area contributed by atoms with Crippen molar-refractivity contribution in [3.63, 3.8) is 0 Å². The lowest BCUT2D eigenvalue weighted by Gasteiger charge is -2.47. The molecule has 4 aliphatic heterocycles. The molecule has 4 saturated heterocycles. The van der Waals surface area contributed by atoms with Crippen molar-refractivity contribution in [2.24, 2.45) is 34.4 Å². The molecule has 0 radical (unpaired) electrons. The van der Waals surface area contributed by atoms with Gasteiger partial charge in [-0.05, 0) is 93.4 Å². The Hall–Kier alpha value is -5.46. The molecule has 29 nitrogen and oxygen atoms in total. The highest BCUT2D eigenvalue weighted by atomic mass is 16.8. The van der Waals surface area contributed by atoms with Gasteiger partial charge in [-0.15, -0.1) is 5.10 Å². The molecule has 1 saturated carbocycles. The van der Waals surface area contributed by atoms with Gasteiger partial charge in [0, 0.05) is 74.8 Å². The number of aromatic nitrogens is 7. The molecule has 19 atom stereocenters. The predicted molar refractivity (Wildman–Crippen MR) is 311 cm³/mol. The van der Waals surface area contributed by atoms with Gasteiger partial charge in [0.05, 0.1) is 66.2 Å². The number of piperazine rings is 1. The highest BCUT2D eigenvalue weighted by Gasteiger charge is 2.55. The summed E-state index contributed by atoms with van der Waals surface area (Å²) in [5.74, 6) is 2.35. The first-order valence-electron chi connectivity index (χ1n) is 29.6. The van der Waals surface area contributed by atoms with Gasteiger partial charge in [0.15, 0.2) is 18.9 Å². The minimum Gasteiger partial charge on any atom is -0.494 e. The topological polar surface area (TPSA) is 446 Å². The summed E-state index contributed by atoms with van der Waals surface area (Å²) < 4.78 is 50.2. The number of imidazole rings is 2. The van der Waals surface area contributed by atoms with E-state index in [1.807, 2.05) is 36.4 Å². The molecule has 29 heteroatoms. The van der Waals surface area contributed by atoms with E-state index in [4.69, 9.17) is 82.3 Å². The second-order valence-corrected chi connectivity index (χ2v) is 23.2. The van der Waals surface area contributed by atoms with Crippen LogP contribution in [0.5, 0.6) is 5.75 Å². The minimum absolute atomic E-state index is 0.0704. The summed E-state index contributed by atoms with van der Waals surface area (Å²) in [7, 11) is 2.16. The third kappa shape index (κ3) is 13.7. The third-order valence-electron chi connectivity index (χ3n) is 17.1. The van der Waals surface area contributed by atoms with Crippen molar-refractivity contribution in [3.8, 4) is 28.5 Å². The fourth-order valence-corrected chi connectivity index (χ4v) is 11.8. The Labute approximate surface area is 496 Å². The van der Waals surface area contributed by atoms with Crippen LogP contribution in [0.3, 0.4) is 0 Å². The van der Waals surface area contributed by atoms with Crippen molar-refractivity contribution in [2.75, 3.05) is 64.4 Å². The molecule has 0 bridgehead atoms. The molecule has 11 rings (SSSR count). The SMILES string of the molecule is CN1CCN(c2ccc3nc(-c4ccc5nc(-c6ccc(OCCCCCCOCc7cn(C[C@H]8O[C@@H](O[C@@H]9[C@@H](O)[C@H](N)C[C@H](N)[C@H]9O[C@H]9O[C@H](CN)[C@@H](O)[C@H](O)[C@H]9N)[C@H](O)[C@@H]8O[C@H]8OC(CN)[C@@H](O)[C@H](O)[C@H]8N)nn7)cc6)[nH]c5c4)[nH]c3c2)CC1. The molecule has 3 aromatic heterocycles. The normalized spacial score (nSPS) is 33.7. The Morgan fingerprint density at radius 3 is 1.84 bits per heavy atom. The van der Waals surface area contributed by atoms with Gasteiger partial charge in [-0.25, -0.2) is 14.6 Å². The number of nitrogens with two attached hydrogens (primary N) is 6. The zero-order valence-electron chi connectivity index (χ0n) is 48.0. The van der Waals surface area contributed by atoms with Crippen LogP contribution < -0.4 is 44.0 Å². The average Bonchev–Trinajstić information content (AvgIpc) is 3.70. The number of hydrogen-bond acceptors (Lipinski definition) is 26. The molecule has 20 N–H and O–H groups in total. The molecule has 5 aliphatic rings. The van der Waals surface area contributed by atoms with E-state index >= 15 is 0 Å². The number of nitrogens with one attached hydrogen (secondary N) is 2. The Kier molecular flexibility index (Phi) is 19.9. The summed E-state index contributed by atoms with van der Waals surface area (Å²) in [6.45, 7) is 4.89. The van der Waals surface area contributed by atoms with E-state index < -0.39 is 116 Å². The maximum Gasteiger partial charge on any atom is 0.187 e. The average molecular weight is 1200 g/mol. The second-order valence-electron chi connectivity index (χ2n) is 23.2. The number of hydrogen-bond donors (Lipinski definition) is 14. The van der Waals surface area contributed by atoms with Crippen molar-refractivity contribution in [1.29, 1.82) is 0 Å². The largest absolute Gasteiger partial charge is 0.494 e. The number of aromatic amines is 2.